The zero-order valence-corrected chi connectivity index (χ0v) is 22.5. The van der Waals surface area contributed by atoms with Gasteiger partial charge in [0.25, 0.3) is 11.8 Å². The predicted molar refractivity (Wildman–Crippen MR) is 142 cm³/mol. The minimum Gasteiger partial charge on any atom is -0.444 e. The van der Waals surface area contributed by atoms with E-state index in [2.05, 4.69) is 10.6 Å². The Balaban J connectivity index is 1.64. The SMILES string of the molecule is CN(C)C(=O)[C@H](Cc1ccccc1)NC(=O)[C@H]1O[C@@H]1C(=O)N(CCNC(=O)OC(C)(C)C)c1ccccc1. The third kappa shape index (κ3) is 8.31. The van der Waals surface area contributed by atoms with Gasteiger partial charge < -0.3 is 29.9 Å². The molecule has 0 bridgehead atoms. The molecule has 0 radical (unpaired) electrons. The Morgan fingerprint density at radius 3 is 2.13 bits per heavy atom. The van der Waals surface area contributed by atoms with Crippen LogP contribution in [0.4, 0.5) is 10.5 Å². The van der Waals surface area contributed by atoms with Gasteiger partial charge in [-0.25, -0.2) is 4.79 Å². The number of likely N-dealkylation sites (N-methyl/N-ethyl adjacent to an activating group) is 1. The topological polar surface area (TPSA) is 121 Å². The molecule has 10 heteroatoms. The van der Waals surface area contributed by atoms with Crippen molar-refractivity contribution in [2.45, 2.75) is 51.0 Å². The molecule has 0 unspecified atom stereocenters. The Morgan fingerprint density at radius 2 is 1.55 bits per heavy atom. The average molecular weight is 525 g/mol. The van der Waals surface area contributed by atoms with E-state index in [9.17, 15) is 19.2 Å². The van der Waals surface area contributed by atoms with Gasteiger partial charge in [-0.05, 0) is 38.5 Å². The van der Waals surface area contributed by atoms with Crippen molar-refractivity contribution < 1.29 is 28.7 Å². The minimum absolute atomic E-state index is 0.135. The molecule has 1 heterocycles. The first-order chi connectivity index (χ1) is 18.0. The highest BCUT2D eigenvalue weighted by atomic mass is 16.6. The van der Waals surface area contributed by atoms with Crippen LogP contribution in [0.5, 0.6) is 0 Å². The molecule has 0 aromatic heterocycles. The number of benzene rings is 2. The van der Waals surface area contributed by atoms with E-state index in [4.69, 9.17) is 9.47 Å². The lowest BCUT2D eigenvalue weighted by Gasteiger charge is -2.24. The zero-order chi connectivity index (χ0) is 27.9. The molecule has 1 aliphatic rings. The molecule has 10 nitrogen and oxygen atoms in total. The van der Waals surface area contributed by atoms with Crippen LogP contribution >= 0.6 is 0 Å². The van der Waals surface area contributed by atoms with Crippen LogP contribution in [0.3, 0.4) is 0 Å². The first-order valence-corrected chi connectivity index (χ1v) is 12.5. The summed E-state index contributed by atoms with van der Waals surface area (Å²) in [6.07, 6.45) is -2.29. The summed E-state index contributed by atoms with van der Waals surface area (Å²) in [5.41, 5.74) is 0.848. The highest BCUT2D eigenvalue weighted by Gasteiger charge is 2.52. The molecular weight excluding hydrogens is 488 g/mol. The third-order valence-corrected chi connectivity index (χ3v) is 5.67. The summed E-state index contributed by atoms with van der Waals surface area (Å²) in [5, 5.41) is 5.40. The van der Waals surface area contributed by atoms with Crippen molar-refractivity contribution >= 4 is 29.5 Å². The molecule has 1 aliphatic heterocycles. The van der Waals surface area contributed by atoms with Crippen molar-refractivity contribution in [1.29, 1.82) is 0 Å². The molecule has 38 heavy (non-hydrogen) atoms. The van der Waals surface area contributed by atoms with E-state index in [0.29, 0.717) is 12.1 Å². The number of amides is 4. The van der Waals surface area contributed by atoms with Gasteiger partial charge in [0.05, 0.1) is 0 Å². The van der Waals surface area contributed by atoms with Crippen molar-refractivity contribution in [3.05, 3.63) is 66.2 Å². The van der Waals surface area contributed by atoms with Crippen LogP contribution in [0, 0.1) is 0 Å². The number of ether oxygens (including phenoxy) is 2. The second kappa shape index (κ2) is 12.6. The van der Waals surface area contributed by atoms with Gasteiger partial charge in [-0.3, -0.25) is 14.4 Å². The normalized spacial score (nSPS) is 17.1. The fourth-order valence-electron chi connectivity index (χ4n) is 3.83. The smallest absolute Gasteiger partial charge is 0.407 e. The second-order valence-corrected chi connectivity index (χ2v) is 10.2. The Bertz CT molecular complexity index is 1120. The van der Waals surface area contributed by atoms with Crippen molar-refractivity contribution in [1.82, 2.24) is 15.5 Å². The molecule has 1 saturated heterocycles. The standard InChI is InChI=1S/C28H36N4O6/c1-28(2,3)38-27(36)29-16-17-32(20-14-10-7-11-15-20)26(35)23-22(37-23)24(33)30-21(25(34)31(4)5)18-19-12-8-6-9-13-19/h6-15,21-23H,16-18H2,1-5H3,(H,29,36)(H,30,33)/t21-,22-,23-/m0/s1. The van der Waals surface area contributed by atoms with Crippen LogP contribution in [0.1, 0.15) is 26.3 Å². The lowest BCUT2D eigenvalue weighted by Crippen LogP contribution is -2.49. The summed E-state index contributed by atoms with van der Waals surface area (Å²) in [7, 11) is 3.24. The first-order valence-electron chi connectivity index (χ1n) is 12.5. The Kier molecular flexibility index (Phi) is 9.46. The molecular formula is C28H36N4O6. The van der Waals surface area contributed by atoms with Crippen LogP contribution in [-0.4, -0.2) is 79.8 Å². The summed E-state index contributed by atoms with van der Waals surface area (Å²) in [6.45, 7) is 5.57. The van der Waals surface area contributed by atoms with Gasteiger partial charge in [-0.2, -0.15) is 0 Å². The van der Waals surface area contributed by atoms with Crippen molar-refractivity contribution in [2.24, 2.45) is 0 Å². The molecule has 0 aliphatic carbocycles. The Morgan fingerprint density at radius 1 is 0.947 bits per heavy atom. The molecule has 0 spiro atoms. The number of hydrogen-bond acceptors (Lipinski definition) is 6. The average Bonchev–Trinajstić information content (AvgIpc) is 3.67. The lowest BCUT2D eigenvalue weighted by atomic mass is 10.0. The van der Waals surface area contributed by atoms with E-state index in [1.54, 1.807) is 59.1 Å². The van der Waals surface area contributed by atoms with E-state index in [1.807, 2.05) is 36.4 Å². The molecule has 2 aromatic carbocycles. The number of anilines is 1. The van der Waals surface area contributed by atoms with Crippen molar-refractivity contribution in [2.75, 3.05) is 32.1 Å². The maximum absolute atomic E-state index is 13.3. The molecule has 2 N–H and O–H groups in total. The fraction of sp³-hybridized carbons (Fsp3) is 0.429. The van der Waals surface area contributed by atoms with Crippen molar-refractivity contribution in [3.63, 3.8) is 0 Å². The van der Waals surface area contributed by atoms with Gasteiger partial charge in [-0.1, -0.05) is 48.5 Å². The van der Waals surface area contributed by atoms with Crippen LogP contribution in [0.25, 0.3) is 0 Å². The summed E-state index contributed by atoms with van der Waals surface area (Å²) >= 11 is 0. The number of carbonyl (C=O) groups excluding carboxylic acids is 4. The van der Waals surface area contributed by atoms with Gasteiger partial charge >= 0.3 is 6.09 Å². The number of carbonyl (C=O) groups is 4. The minimum atomic E-state index is -1.01. The molecule has 0 saturated carbocycles. The van der Waals surface area contributed by atoms with Crippen LogP contribution < -0.4 is 15.5 Å². The maximum atomic E-state index is 13.3. The summed E-state index contributed by atoms with van der Waals surface area (Å²) in [6, 6.07) is 17.5. The number of alkyl carbamates (subject to hydrolysis) is 1. The van der Waals surface area contributed by atoms with E-state index < -0.39 is 41.8 Å². The molecule has 2 aromatic rings. The highest BCUT2D eigenvalue weighted by Crippen LogP contribution is 2.27. The summed E-state index contributed by atoms with van der Waals surface area (Å²) < 4.78 is 10.7. The Hall–Kier alpha value is -3.92. The fourth-order valence-corrected chi connectivity index (χ4v) is 3.83. The summed E-state index contributed by atoms with van der Waals surface area (Å²) in [4.78, 5) is 54.0. The monoisotopic (exact) mass is 524 g/mol. The van der Waals surface area contributed by atoms with E-state index >= 15 is 0 Å². The van der Waals surface area contributed by atoms with Gasteiger partial charge in [-0.15, -0.1) is 0 Å². The molecule has 4 amide bonds. The number of rotatable bonds is 10. The van der Waals surface area contributed by atoms with E-state index in [-0.39, 0.29) is 19.0 Å². The van der Waals surface area contributed by atoms with Gasteiger partial charge in [0.15, 0.2) is 12.2 Å². The zero-order valence-electron chi connectivity index (χ0n) is 22.5. The van der Waals surface area contributed by atoms with Gasteiger partial charge in [0.2, 0.25) is 5.91 Å². The molecule has 1 fully saturated rings. The molecule has 204 valence electrons. The van der Waals surface area contributed by atoms with E-state index in [0.717, 1.165) is 5.56 Å². The van der Waals surface area contributed by atoms with Gasteiger partial charge in [0, 0.05) is 39.3 Å². The van der Waals surface area contributed by atoms with Crippen LogP contribution in [-0.2, 0) is 30.3 Å². The number of nitrogens with zero attached hydrogens (tertiary/aromatic N) is 2. The van der Waals surface area contributed by atoms with Crippen molar-refractivity contribution in [3.8, 4) is 0 Å². The molecule has 3 rings (SSSR count). The largest absolute Gasteiger partial charge is 0.444 e. The molecule has 3 atom stereocenters. The van der Waals surface area contributed by atoms with Crippen LogP contribution in [0.2, 0.25) is 0 Å². The van der Waals surface area contributed by atoms with E-state index in [1.165, 1.54) is 9.80 Å². The second-order valence-electron chi connectivity index (χ2n) is 10.2. The lowest BCUT2D eigenvalue weighted by molar-refractivity contribution is -0.134. The maximum Gasteiger partial charge on any atom is 0.407 e. The number of nitrogens with one attached hydrogen (secondary N) is 2. The first kappa shape index (κ1) is 28.6. The number of hydrogen-bond donors (Lipinski definition) is 2. The third-order valence-electron chi connectivity index (χ3n) is 5.67. The number of para-hydroxylation sites is 1. The van der Waals surface area contributed by atoms with Crippen LogP contribution in [0.15, 0.2) is 60.7 Å². The predicted octanol–water partition coefficient (Wildman–Crippen LogP) is 2.13. The quantitative estimate of drug-likeness (QED) is 0.460. The highest BCUT2D eigenvalue weighted by molar-refractivity contribution is 6.04. The van der Waals surface area contributed by atoms with Gasteiger partial charge in [0.1, 0.15) is 11.6 Å². The number of epoxide rings is 1. The summed E-state index contributed by atoms with van der Waals surface area (Å²) in [5.74, 6) is -1.20. The Labute approximate surface area is 223 Å².